The Balaban J connectivity index is 1.32. The van der Waals surface area contributed by atoms with E-state index in [1.54, 1.807) is 13.2 Å². The van der Waals surface area contributed by atoms with E-state index in [4.69, 9.17) is 14.9 Å². The molecule has 2 aliphatic heterocycles. The summed E-state index contributed by atoms with van der Waals surface area (Å²) in [4.78, 5) is 17.3. The zero-order valence-electron chi connectivity index (χ0n) is 22.4. The number of nitrogens with zero attached hydrogens (tertiary/aromatic N) is 4. The number of amidine groups is 2. The molecule has 0 aliphatic carbocycles. The average molecular weight is 544 g/mol. The van der Waals surface area contributed by atoms with Gasteiger partial charge in [-0.15, -0.1) is 0 Å². The molecule has 1 aromatic heterocycles. The molecule has 0 radical (unpaired) electrons. The highest BCUT2D eigenvalue weighted by molar-refractivity contribution is 8.26. The van der Waals surface area contributed by atoms with Crippen LogP contribution in [0, 0.1) is 5.41 Å². The molecule has 9 heteroatoms. The first kappa shape index (κ1) is 26.7. The van der Waals surface area contributed by atoms with Gasteiger partial charge in [0.2, 0.25) is 5.17 Å². The SMILES string of the molecule is CCCCCCCC1=NN2C(=N)C(=Cc3cn(CCOc4cccc(OC)c4)c4ccccc34)C(=O)N=C2S1. The molecule has 0 fully saturated rings. The number of carbonyl (C=O) groups excluding carboxylic acids is 1. The van der Waals surface area contributed by atoms with Gasteiger partial charge in [0.15, 0.2) is 5.84 Å². The van der Waals surface area contributed by atoms with Gasteiger partial charge in [-0.05, 0) is 48.9 Å². The van der Waals surface area contributed by atoms with Gasteiger partial charge in [0, 0.05) is 28.7 Å². The van der Waals surface area contributed by atoms with Crippen LogP contribution in [0.5, 0.6) is 11.5 Å². The Hall–Kier alpha value is -3.85. The van der Waals surface area contributed by atoms with Gasteiger partial charge in [-0.1, -0.05) is 56.9 Å². The highest BCUT2D eigenvalue weighted by Gasteiger charge is 2.35. The fraction of sp³-hybridized carbons (Fsp3) is 0.333. The topological polar surface area (TPSA) is 92.3 Å². The van der Waals surface area contributed by atoms with Crippen molar-refractivity contribution in [1.29, 1.82) is 5.41 Å². The Kier molecular flexibility index (Phi) is 8.46. The second kappa shape index (κ2) is 12.3. The minimum absolute atomic E-state index is 0.0664. The lowest BCUT2D eigenvalue weighted by Crippen LogP contribution is -2.35. The summed E-state index contributed by atoms with van der Waals surface area (Å²) in [6.07, 6.45) is 10.5. The number of rotatable bonds is 12. The minimum atomic E-state index is -0.406. The Morgan fingerprint density at radius 1 is 1.05 bits per heavy atom. The molecule has 0 spiro atoms. The van der Waals surface area contributed by atoms with Gasteiger partial charge >= 0.3 is 0 Å². The van der Waals surface area contributed by atoms with Gasteiger partial charge in [-0.3, -0.25) is 10.2 Å². The average Bonchev–Trinajstić information content (AvgIpc) is 3.52. The second-order valence-electron chi connectivity index (χ2n) is 9.50. The maximum atomic E-state index is 13.0. The predicted molar refractivity (Wildman–Crippen MR) is 159 cm³/mol. The number of methoxy groups -OCH3 is 1. The summed E-state index contributed by atoms with van der Waals surface area (Å²) in [7, 11) is 1.63. The highest BCUT2D eigenvalue weighted by Crippen LogP contribution is 2.31. The van der Waals surface area contributed by atoms with E-state index in [2.05, 4.69) is 21.6 Å². The lowest BCUT2D eigenvalue weighted by Gasteiger charge is -2.20. The number of aliphatic imine (C=N–C) groups is 1. The normalized spacial score (nSPS) is 16.1. The quantitative estimate of drug-likeness (QED) is 0.202. The third kappa shape index (κ3) is 6.09. The van der Waals surface area contributed by atoms with Crippen LogP contribution < -0.4 is 9.47 Å². The number of thioether (sulfide) groups is 1. The van der Waals surface area contributed by atoms with Gasteiger partial charge in [-0.25, -0.2) is 0 Å². The van der Waals surface area contributed by atoms with Crippen LogP contribution in [-0.2, 0) is 11.3 Å². The molecule has 202 valence electrons. The molecule has 1 N–H and O–H groups in total. The maximum Gasteiger partial charge on any atom is 0.283 e. The summed E-state index contributed by atoms with van der Waals surface area (Å²) in [6.45, 7) is 3.28. The van der Waals surface area contributed by atoms with E-state index in [1.807, 2.05) is 54.7 Å². The molecule has 3 heterocycles. The van der Waals surface area contributed by atoms with Gasteiger partial charge in [-0.2, -0.15) is 15.1 Å². The third-order valence-electron chi connectivity index (χ3n) is 6.75. The van der Waals surface area contributed by atoms with E-state index in [-0.39, 0.29) is 11.4 Å². The second-order valence-corrected chi connectivity index (χ2v) is 10.5. The first-order valence-electron chi connectivity index (χ1n) is 13.4. The first-order chi connectivity index (χ1) is 19.1. The molecular formula is C30H33N5O3S. The number of benzene rings is 2. The molecular weight excluding hydrogens is 510 g/mol. The Labute approximate surface area is 232 Å². The van der Waals surface area contributed by atoms with Gasteiger partial charge in [0.25, 0.3) is 5.91 Å². The van der Waals surface area contributed by atoms with Gasteiger partial charge in [0.05, 0.1) is 19.2 Å². The van der Waals surface area contributed by atoms with Crippen molar-refractivity contribution in [2.45, 2.75) is 52.0 Å². The fourth-order valence-corrected chi connectivity index (χ4v) is 5.62. The van der Waals surface area contributed by atoms with Crippen molar-refractivity contribution in [2.24, 2.45) is 10.1 Å². The van der Waals surface area contributed by atoms with Crippen LogP contribution in [0.2, 0.25) is 0 Å². The number of fused-ring (bicyclic) bond motifs is 2. The van der Waals surface area contributed by atoms with Crippen molar-refractivity contribution in [2.75, 3.05) is 13.7 Å². The Morgan fingerprint density at radius 3 is 2.72 bits per heavy atom. The summed E-state index contributed by atoms with van der Waals surface area (Å²) in [5, 5.41) is 17.3. The Bertz CT molecular complexity index is 1470. The van der Waals surface area contributed by atoms with Crippen molar-refractivity contribution >= 4 is 50.7 Å². The number of unbranched alkanes of at least 4 members (excludes halogenated alkanes) is 4. The summed E-state index contributed by atoms with van der Waals surface area (Å²) < 4.78 is 13.3. The number of para-hydroxylation sites is 1. The van der Waals surface area contributed by atoms with Crippen molar-refractivity contribution < 1.29 is 14.3 Å². The number of hydrogen-bond acceptors (Lipinski definition) is 6. The van der Waals surface area contributed by atoms with Crippen molar-refractivity contribution in [3.8, 4) is 11.5 Å². The number of aromatic nitrogens is 1. The van der Waals surface area contributed by atoms with E-state index in [0.717, 1.165) is 52.3 Å². The zero-order chi connectivity index (χ0) is 27.2. The fourth-order valence-electron chi connectivity index (χ4n) is 4.70. The lowest BCUT2D eigenvalue weighted by molar-refractivity contribution is -0.114. The van der Waals surface area contributed by atoms with Crippen LogP contribution >= 0.6 is 11.8 Å². The van der Waals surface area contributed by atoms with E-state index >= 15 is 0 Å². The van der Waals surface area contributed by atoms with E-state index < -0.39 is 5.91 Å². The van der Waals surface area contributed by atoms with Gasteiger partial charge in [0.1, 0.15) is 23.1 Å². The number of ether oxygens (including phenoxy) is 2. The Morgan fingerprint density at radius 2 is 1.87 bits per heavy atom. The van der Waals surface area contributed by atoms with E-state index in [0.29, 0.717) is 18.3 Å². The largest absolute Gasteiger partial charge is 0.497 e. The summed E-state index contributed by atoms with van der Waals surface area (Å²) in [6, 6.07) is 15.6. The molecule has 39 heavy (non-hydrogen) atoms. The molecule has 0 saturated heterocycles. The molecule has 0 unspecified atom stereocenters. The molecule has 8 nitrogen and oxygen atoms in total. The van der Waals surface area contributed by atoms with Crippen LogP contribution in [0.3, 0.4) is 0 Å². The number of hydrazone groups is 1. The highest BCUT2D eigenvalue weighted by atomic mass is 32.2. The number of hydrogen-bond donors (Lipinski definition) is 1. The van der Waals surface area contributed by atoms with Crippen LogP contribution in [0.1, 0.15) is 51.0 Å². The molecule has 2 aromatic carbocycles. The minimum Gasteiger partial charge on any atom is -0.497 e. The lowest BCUT2D eigenvalue weighted by atomic mass is 10.1. The molecule has 1 amide bonds. The maximum absolute atomic E-state index is 13.0. The van der Waals surface area contributed by atoms with Crippen molar-refractivity contribution in [3.05, 3.63) is 65.9 Å². The summed E-state index contributed by atoms with van der Waals surface area (Å²) in [5.41, 5.74) is 2.12. The number of carbonyl (C=O) groups is 1. The van der Waals surface area contributed by atoms with Crippen LogP contribution in [-0.4, -0.2) is 45.2 Å². The molecule has 0 saturated carbocycles. The van der Waals surface area contributed by atoms with Crippen molar-refractivity contribution in [1.82, 2.24) is 9.58 Å². The smallest absolute Gasteiger partial charge is 0.283 e. The summed E-state index contributed by atoms with van der Waals surface area (Å²) in [5.74, 6) is 1.15. The monoisotopic (exact) mass is 543 g/mol. The molecule has 3 aromatic rings. The van der Waals surface area contributed by atoms with Gasteiger partial charge < -0.3 is 14.0 Å². The van der Waals surface area contributed by atoms with Crippen LogP contribution in [0.4, 0.5) is 0 Å². The molecule has 2 aliphatic rings. The van der Waals surface area contributed by atoms with E-state index in [1.165, 1.54) is 36.0 Å². The first-order valence-corrected chi connectivity index (χ1v) is 14.2. The summed E-state index contributed by atoms with van der Waals surface area (Å²) >= 11 is 1.40. The van der Waals surface area contributed by atoms with Crippen LogP contribution in [0.15, 0.2) is 70.4 Å². The van der Waals surface area contributed by atoms with Crippen molar-refractivity contribution in [3.63, 3.8) is 0 Å². The zero-order valence-corrected chi connectivity index (χ0v) is 23.2. The van der Waals surface area contributed by atoms with Crippen LogP contribution in [0.25, 0.3) is 17.0 Å². The molecule has 0 bridgehead atoms. The molecule has 0 atom stereocenters. The number of amides is 1. The standard InChI is InChI=1S/C30H33N5O3S/c1-3-4-5-6-7-15-27-33-35-28(31)25(29(36)32-30(35)39-27)18-21-20-34(26-14-9-8-13-24(21)26)16-17-38-23-12-10-11-22(19-23)37-2/h8-14,18-20,31H,3-7,15-17H2,1-2H3. The predicted octanol–water partition coefficient (Wildman–Crippen LogP) is 6.71. The van der Waals surface area contributed by atoms with E-state index in [9.17, 15) is 4.79 Å². The third-order valence-corrected chi connectivity index (χ3v) is 7.72. The number of nitrogens with one attached hydrogen (secondary N) is 1. The molecule has 5 rings (SSSR count).